The minimum atomic E-state index is -3.30. The number of nitrogens with one attached hydrogen (secondary N) is 1. The van der Waals surface area contributed by atoms with Crippen molar-refractivity contribution in [3.05, 3.63) is 41.2 Å². The molecular formula is C24H31ClN4O4S. The van der Waals surface area contributed by atoms with Crippen molar-refractivity contribution in [1.82, 2.24) is 14.3 Å². The number of ketones is 1. The second kappa shape index (κ2) is 11.1. The molecule has 0 bridgehead atoms. The number of anilines is 1. The molecule has 2 aromatic heterocycles. The van der Waals surface area contributed by atoms with Crippen molar-refractivity contribution in [2.75, 3.05) is 44.4 Å². The van der Waals surface area contributed by atoms with Gasteiger partial charge in [0.2, 0.25) is 10.0 Å². The van der Waals surface area contributed by atoms with Crippen LogP contribution in [0.15, 0.2) is 30.5 Å². The zero-order valence-corrected chi connectivity index (χ0v) is 20.9. The van der Waals surface area contributed by atoms with Gasteiger partial charge in [-0.1, -0.05) is 17.7 Å². The van der Waals surface area contributed by atoms with Crippen LogP contribution in [0, 0.1) is 11.8 Å². The topological polar surface area (TPSA) is 101 Å². The quantitative estimate of drug-likeness (QED) is 0.585. The Balaban J connectivity index is 1.44. The van der Waals surface area contributed by atoms with E-state index in [1.807, 2.05) is 24.3 Å². The van der Waals surface area contributed by atoms with Crippen LogP contribution in [0.4, 0.5) is 5.82 Å². The molecule has 2 saturated heterocycles. The number of hydrogen-bond donors (Lipinski definition) is 1. The van der Waals surface area contributed by atoms with Gasteiger partial charge in [-0.3, -0.25) is 9.78 Å². The van der Waals surface area contributed by atoms with E-state index in [1.165, 1.54) is 10.6 Å². The van der Waals surface area contributed by atoms with E-state index in [-0.39, 0.29) is 24.7 Å². The lowest BCUT2D eigenvalue weighted by Gasteiger charge is -2.30. The van der Waals surface area contributed by atoms with Crippen molar-refractivity contribution in [1.29, 1.82) is 0 Å². The molecule has 0 aromatic carbocycles. The normalized spacial score (nSPS) is 20.2. The second-order valence-electron chi connectivity index (χ2n) is 9.10. The number of nitrogens with zero attached hydrogens (tertiary/aromatic N) is 3. The number of hydrogen-bond acceptors (Lipinski definition) is 7. The maximum atomic E-state index is 12.9. The third kappa shape index (κ3) is 6.53. The fraction of sp³-hybridized carbons (Fsp3) is 0.542. The van der Waals surface area contributed by atoms with Gasteiger partial charge in [-0.05, 0) is 49.8 Å². The number of piperidine rings is 1. The first-order valence-corrected chi connectivity index (χ1v) is 13.9. The van der Waals surface area contributed by atoms with Crippen LogP contribution in [0.2, 0.25) is 5.02 Å². The number of aromatic nitrogens is 2. The van der Waals surface area contributed by atoms with Gasteiger partial charge in [0, 0.05) is 62.6 Å². The van der Waals surface area contributed by atoms with E-state index in [2.05, 4.69) is 10.3 Å². The molecule has 0 spiro atoms. The van der Waals surface area contributed by atoms with E-state index in [1.54, 1.807) is 6.20 Å². The Morgan fingerprint density at radius 2 is 2.06 bits per heavy atom. The van der Waals surface area contributed by atoms with Gasteiger partial charge in [0.25, 0.3) is 0 Å². The van der Waals surface area contributed by atoms with E-state index in [9.17, 15) is 13.2 Å². The summed E-state index contributed by atoms with van der Waals surface area (Å²) < 4.78 is 30.6. The second-order valence-corrected chi connectivity index (χ2v) is 11.5. The standard InChI is InChI=1S/C24H31ClN4O4S/c1-34(31,32)29-9-3-4-18(16-29)23(30)13-19-12-20(21(25)15-26-19)22-5-2-6-24(28-22)27-14-17-7-10-33-11-8-17/h2,5-6,12,15,17-18H,3-4,7-11,13-14,16H2,1H3,(H,27,28)/t18-/m0/s1. The van der Waals surface area contributed by atoms with Crippen molar-refractivity contribution in [2.24, 2.45) is 11.8 Å². The monoisotopic (exact) mass is 506 g/mol. The predicted molar refractivity (Wildman–Crippen MR) is 132 cm³/mol. The van der Waals surface area contributed by atoms with Gasteiger partial charge in [0.05, 0.1) is 17.0 Å². The fourth-order valence-corrected chi connectivity index (χ4v) is 5.60. The number of sulfonamides is 1. The molecule has 0 aliphatic carbocycles. The number of Topliss-reactive ketones (excluding diaryl/α,β-unsaturated/α-hetero) is 1. The van der Waals surface area contributed by atoms with Crippen molar-refractivity contribution in [3.63, 3.8) is 0 Å². The molecule has 0 unspecified atom stereocenters. The summed E-state index contributed by atoms with van der Waals surface area (Å²) in [6.45, 7) is 3.16. The van der Waals surface area contributed by atoms with Gasteiger partial charge < -0.3 is 10.1 Å². The summed E-state index contributed by atoms with van der Waals surface area (Å²) in [5.41, 5.74) is 2.03. The first-order valence-electron chi connectivity index (χ1n) is 11.7. The number of carbonyl (C=O) groups excluding carboxylic acids is 1. The average Bonchev–Trinajstić information content (AvgIpc) is 2.84. The number of halogens is 1. The highest BCUT2D eigenvalue weighted by atomic mass is 35.5. The molecule has 0 radical (unpaired) electrons. The largest absolute Gasteiger partial charge is 0.381 e. The van der Waals surface area contributed by atoms with E-state index in [4.69, 9.17) is 21.3 Å². The molecule has 2 aliphatic rings. The van der Waals surface area contributed by atoms with Crippen LogP contribution in [0.1, 0.15) is 31.4 Å². The highest BCUT2D eigenvalue weighted by molar-refractivity contribution is 7.88. The number of carbonyl (C=O) groups is 1. The Kier molecular flexibility index (Phi) is 8.18. The van der Waals surface area contributed by atoms with Crippen molar-refractivity contribution in [3.8, 4) is 11.3 Å². The van der Waals surface area contributed by atoms with Crippen LogP contribution >= 0.6 is 11.6 Å². The number of pyridine rings is 2. The lowest BCUT2D eigenvalue weighted by atomic mass is 9.92. The zero-order chi connectivity index (χ0) is 24.1. The van der Waals surface area contributed by atoms with Crippen LogP contribution in [-0.4, -0.2) is 67.6 Å². The summed E-state index contributed by atoms with van der Waals surface area (Å²) in [7, 11) is -3.30. The molecule has 0 amide bonds. The highest BCUT2D eigenvalue weighted by Gasteiger charge is 2.30. The molecule has 1 atom stereocenters. The summed E-state index contributed by atoms with van der Waals surface area (Å²) in [6, 6.07) is 7.55. The molecule has 10 heteroatoms. The number of rotatable bonds is 8. The smallest absolute Gasteiger partial charge is 0.211 e. The van der Waals surface area contributed by atoms with E-state index in [0.29, 0.717) is 41.7 Å². The third-order valence-corrected chi connectivity index (χ3v) is 8.08. The molecule has 4 heterocycles. The zero-order valence-electron chi connectivity index (χ0n) is 19.4. The van der Waals surface area contributed by atoms with Gasteiger partial charge in [0.15, 0.2) is 0 Å². The molecule has 0 saturated carbocycles. The van der Waals surface area contributed by atoms with Crippen LogP contribution < -0.4 is 5.32 Å². The van der Waals surface area contributed by atoms with Gasteiger partial charge in [0.1, 0.15) is 11.6 Å². The average molecular weight is 507 g/mol. The molecule has 34 heavy (non-hydrogen) atoms. The van der Waals surface area contributed by atoms with Crippen LogP contribution in [0.3, 0.4) is 0 Å². The molecule has 2 fully saturated rings. The lowest BCUT2D eigenvalue weighted by Crippen LogP contribution is -2.42. The Morgan fingerprint density at radius 1 is 1.26 bits per heavy atom. The Hall–Kier alpha value is -2.07. The number of ether oxygens (including phenoxy) is 1. The van der Waals surface area contributed by atoms with Crippen LogP contribution in [0.25, 0.3) is 11.3 Å². The maximum Gasteiger partial charge on any atom is 0.211 e. The first-order chi connectivity index (χ1) is 16.3. The van der Waals surface area contributed by atoms with Crippen molar-refractivity contribution >= 4 is 33.2 Å². The fourth-order valence-electron chi connectivity index (χ4n) is 4.49. The summed E-state index contributed by atoms with van der Waals surface area (Å²) >= 11 is 6.44. The Labute approximate surface area is 206 Å². The summed E-state index contributed by atoms with van der Waals surface area (Å²) in [5.74, 6) is 1.02. The maximum absolute atomic E-state index is 12.9. The van der Waals surface area contributed by atoms with Gasteiger partial charge in [-0.15, -0.1) is 0 Å². The third-order valence-electron chi connectivity index (χ3n) is 6.51. The van der Waals surface area contributed by atoms with Crippen molar-refractivity contribution < 1.29 is 17.9 Å². The first kappa shape index (κ1) is 25.0. The molecular weight excluding hydrogens is 476 g/mol. The molecule has 184 valence electrons. The SMILES string of the molecule is CS(=O)(=O)N1CCC[C@H](C(=O)Cc2cc(-c3cccc(NCC4CCOCC4)n3)c(Cl)cn2)C1. The Morgan fingerprint density at radius 3 is 2.82 bits per heavy atom. The molecule has 8 nitrogen and oxygen atoms in total. The highest BCUT2D eigenvalue weighted by Crippen LogP contribution is 2.28. The van der Waals surface area contributed by atoms with Crippen LogP contribution in [-0.2, 0) is 26.0 Å². The summed E-state index contributed by atoms with van der Waals surface area (Å²) in [5, 5.41) is 3.88. The molecule has 2 aromatic rings. The molecule has 1 N–H and O–H groups in total. The van der Waals surface area contributed by atoms with Gasteiger partial charge in [-0.2, -0.15) is 0 Å². The van der Waals surface area contributed by atoms with Crippen molar-refractivity contribution in [2.45, 2.75) is 32.1 Å². The molecule has 4 rings (SSSR count). The van der Waals surface area contributed by atoms with Crippen LogP contribution in [0.5, 0.6) is 0 Å². The van der Waals surface area contributed by atoms with Gasteiger partial charge >= 0.3 is 0 Å². The van der Waals surface area contributed by atoms with Gasteiger partial charge in [-0.25, -0.2) is 17.7 Å². The molecule has 2 aliphatic heterocycles. The minimum absolute atomic E-state index is 0.00559. The lowest BCUT2D eigenvalue weighted by molar-refractivity contribution is -0.123. The summed E-state index contributed by atoms with van der Waals surface area (Å²) in [6.07, 6.45) is 6.33. The summed E-state index contributed by atoms with van der Waals surface area (Å²) in [4.78, 5) is 22.0. The minimum Gasteiger partial charge on any atom is -0.381 e. The van der Waals surface area contributed by atoms with E-state index in [0.717, 1.165) is 44.0 Å². The Bertz CT molecular complexity index is 1120. The van der Waals surface area contributed by atoms with E-state index < -0.39 is 10.0 Å². The van der Waals surface area contributed by atoms with E-state index >= 15 is 0 Å². The predicted octanol–water partition coefficient (Wildman–Crippen LogP) is 3.42.